The van der Waals surface area contributed by atoms with Crippen LogP contribution in [0.5, 0.6) is 0 Å². The van der Waals surface area contributed by atoms with Crippen molar-refractivity contribution in [1.82, 2.24) is 4.98 Å². The predicted molar refractivity (Wildman–Crippen MR) is 108 cm³/mol. The van der Waals surface area contributed by atoms with E-state index in [9.17, 15) is 9.90 Å². The third kappa shape index (κ3) is 4.46. The van der Waals surface area contributed by atoms with Gasteiger partial charge in [0.15, 0.2) is 5.60 Å². The van der Waals surface area contributed by atoms with E-state index in [-0.39, 0.29) is 5.92 Å². The zero-order chi connectivity index (χ0) is 20.0. The van der Waals surface area contributed by atoms with Crippen LogP contribution in [0.25, 0.3) is 0 Å². The molecule has 1 heterocycles. The van der Waals surface area contributed by atoms with Gasteiger partial charge in [-0.05, 0) is 18.4 Å². The summed E-state index contributed by atoms with van der Waals surface area (Å²) in [5, 5.41) is 11.5. The topological polar surface area (TPSA) is 66.2 Å². The lowest BCUT2D eigenvalue weighted by molar-refractivity contribution is -0.704. The number of aromatic nitrogens is 2. The number of hydrogen-bond acceptors (Lipinski definition) is 3. The molecule has 0 saturated heterocycles. The molecule has 1 aliphatic rings. The number of esters is 1. The van der Waals surface area contributed by atoms with Crippen LogP contribution in [0.4, 0.5) is 0 Å². The number of imidazole rings is 1. The Morgan fingerprint density at radius 2 is 1.96 bits per heavy atom. The molecular formula is C23H33N2O3+. The van der Waals surface area contributed by atoms with E-state index in [1.54, 1.807) is 0 Å². The van der Waals surface area contributed by atoms with Crippen LogP contribution >= 0.6 is 0 Å². The summed E-state index contributed by atoms with van der Waals surface area (Å²) in [6.07, 6.45) is 9.64. The Morgan fingerprint density at radius 1 is 1.25 bits per heavy atom. The smallest absolute Gasteiger partial charge is 0.343 e. The number of H-pyrrole nitrogens is 1. The number of benzene rings is 1. The second kappa shape index (κ2) is 9.37. The average molecular weight is 386 g/mol. The van der Waals surface area contributed by atoms with Gasteiger partial charge in [-0.25, -0.2) is 14.3 Å². The molecule has 5 nitrogen and oxygen atoms in total. The summed E-state index contributed by atoms with van der Waals surface area (Å²) >= 11 is 0. The van der Waals surface area contributed by atoms with Crippen molar-refractivity contribution in [2.75, 3.05) is 6.61 Å². The van der Waals surface area contributed by atoms with Gasteiger partial charge < -0.3 is 9.84 Å². The van der Waals surface area contributed by atoms with E-state index in [0.717, 1.165) is 38.1 Å². The van der Waals surface area contributed by atoms with Gasteiger partial charge in [-0.1, -0.05) is 63.4 Å². The molecule has 1 aromatic heterocycles. The van der Waals surface area contributed by atoms with Crippen molar-refractivity contribution >= 4 is 5.97 Å². The summed E-state index contributed by atoms with van der Waals surface area (Å²) < 4.78 is 7.76. The molecule has 2 aromatic rings. The fourth-order valence-electron chi connectivity index (χ4n) is 4.31. The molecule has 152 valence electrons. The van der Waals surface area contributed by atoms with Crippen LogP contribution in [0.1, 0.15) is 69.7 Å². The van der Waals surface area contributed by atoms with Crippen LogP contribution in [0.2, 0.25) is 0 Å². The van der Waals surface area contributed by atoms with Crippen molar-refractivity contribution in [3.05, 3.63) is 54.1 Å². The fourth-order valence-corrected chi connectivity index (χ4v) is 4.31. The molecule has 0 radical (unpaired) electrons. The Morgan fingerprint density at radius 3 is 2.64 bits per heavy atom. The first kappa shape index (κ1) is 20.6. The Labute approximate surface area is 167 Å². The Balaban J connectivity index is 1.64. The summed E-state index contributed by atoms with van der Waals surface area (Å²) in [7, 11) is 0. The molecule has 5 heteroatoms. The van der Waals surface area contributed by atoms with Crippen molar-refractivity contribution in [3.8, 4) is 0 Å². The molecule has 1 fully saturated rings. The molecule has 0 aliphatic heterocycles. The first-order valence-corrected chi connectivity index (χ1v) is 10.5. The molecule has 0 bridgehead atoms. The number of rotatable bonds is 8. The van der Waals surface area contributed by atoms with Crippen molar-refractivity contribution in [3.63, 3.8) is 0 Å². The zero-order valence-corrected chi connectivity index (χ0v) is 17.1. The molecule has 1 atom stereocenters. The molecule has 1 unspecified atom stereocenters. The first-order chi connectivity index (χ1) is 13.5. The maximum absolute atomic E-state index is 13.0. The summed E-state index contributed by atoms with van der Waals surface area (Å²) in [6, 6.07) is 9.30. The number of aromatic amines is 1. The normalized spacial score (nSPS) is 17.4. The second-order valence-corrected chi connectivity index (χ2v) is 8.15. The zero-order valence-electron chi connectivity index (χ0n) is 17.1. The third-order valence-corrected chi connectivity index (χ3v) is 5.84. The molecule has 0 spiro atoms. The number of hydrogen-bond donors (Lipinski definition) is 2. The quantitative estimate of drug-likeness (QED) is 0.412. The lowest BCUT2D eigenvalue weighted by Gasteiger charge is -2.36. The number of carbonyl (C=O) groups excluding carboxylic acids is 1. The minimum Gasteiger partial charge on any atom is -0.463 e. The van der Waals surface area contributed by atoms with Crippen LogP contribution in [0.3, 0.4) is 0 Å². The van der Waals surface area contributed by atoms with Crippen LogP contribution in [-0.2, 0) is 21.7 Å². The van der Waals surface area contributed by atoms with Crippen LogP contribution in [0, 0.1) is 5.92 Å². The van der Waals surface area contributed by atoms with E-state index in [0.29, 0.717) is 24.5 Å². The minimum atomic E-state index is -1.55. The van der Waals surface area contributed by atoms with Crippen LogP contribution < -0.4 is 4.57 Å². The van der Waals surface area contributed by atoms with Gasteiger partial charge in [0.1, 0.15) is 12.4 Å². The number of nitrogens with one attached hydrogen (secondary N) is 1. The van der Waals surface area contributed by atoms with Gasteiger partial charge in [0.2, 0.25) is 0 Å². The number of carbonyl (C=O) groups is 1. The van der Waals surface area contributed by atoms with Gasteiger partial charge in [-0.15, -0.1) is 0 Å². The highest BCUT2D eigenvalue weighted by Crippen LogP contribution is 2.40. The number of nitrogens with zero attached hydrogens (tertiary/aromatic N) is 1. The van der Waals surface area contributed by atoms with Crippen molar-refractivity contribution in [1.29, 1.82) is 0 Å². The molecule has 3 rings (SSSR count). The highest BCUT2D eigenvalue weighted by atomic mass is 16.5. The number of aryl methyl sites for hydroxylation is 1. The minimum absolute atomic E-state index is 0.0808. The van der Waals surface area contributed by atoms with E-state index in [2.05, 4.69) is 23.4 Å². The fraction of sp³-hybridized carbons (Fsp3) is 0.565. The maximum Gasteiger partial charge on any atom is 0.343 e. The molecule has 1 aliphatic carbocycles. The van der Waals surface area contributed by atoms with Gasteiger partial charge in [0, 0.05) is 12.3 Å². The van der Waals surface area contributed by atoms with Gasteiger partial charge in [-0.3, -0.25) is 0 Å². The Kier molecular flexibility index (Phi) is 6.89. The van der Waals surface area contributed by atoms with Gasteiger partial charge in [0.05, 0.1) is 19.1 Å². The van der Waals surface area contributed by atoms with E-state index in [4.69, 9.17) is 4.74 Å². The molecule has 0 amide bonds. The van der Waals surface area contributed by atoms with Crippen molar-refractivity contribution in [2.45, 2.75) is 70.4 Å². The Bertz CT molecular complexity index is 750. The van der Waals surface area contributed by atoms with E-state index >= 15 is 0 Å². The van der Waals surface area contributed by atoms with Crippen molar-refractivity contribution in [2.24, 2.45) is 5.92 Å². The maximum atomic E-state index is 13.0. The number of ether oxygens (including phenoxy) is 1. The summed E-state index contributed by atoms with van der Waals surface area (Å²) in [5.74, 6) is 0.984. The molecule has 28 heavy (non-hydrogen) atoms. The van der Waals surface area contributed by atoms with E-state index in [1.807, 2.05) is 42.7 Å². The standard InChI is InChI=1S/C23H32N2O3/c1-18(2)21-24-14-16-25(21)15-9-17-28-22(26)23(27,19-10-5-3-6-11-19)20-12-7-4-8-13-20/h3,5-6,10-11,14,16,18,20,27H,4,7-9,12-13,15,17H2,1-2H3/p+1. The number of aliphatic hydroxyl groups is 1. The lowest BCUT2D eigenvalue weighted by Crippen LogP contribution is -2.45. The third-order valence-electron chi connectivity index (χ3n) is 5.84. The summed E-state index contributed by atoms with van der Waals surface area (Å²) in [5.41, 5.74) is -0.902. The SMILES string of the molecule is CC(C)c1[nH]cc[n+]1CCCOC(=O)C(O)(c1ccccc1)C1CCCCC1. The van der Waals surface area contributed by atoms with E-state index < -0.39 is 11.6 Å². The predicted octanol–water partition coefficient (Wildman–Crippen LogP) is 3.83. The van der Waals surface area contributed by atoms with Crippen LogP contribution in [0.15, 0.2) is 42.7 Å². The first-order valence-electron chi connectivity index (χ1n) is 10.5. The highest BCUT2D eigenvalue weighted by molar-refractivity contribution is 5.81. The molecule has 1 aromatic carbocycles. The average Bonchev–Trinajstić information content (AvgIpc) is 3.20. The van der Waals surface area contributed by atoms with Gasteiger partial charge in [-0.2, -0.15) is 0 Å². The summed E-state index contributed by atoms with van der Waals surface area (Å²) in [6.45, 7) is 5.37. The molecule has 1 saturated carbocycles. The highest BCUT2D eigenvalue weighted by Gasteiger charge is 2.47. The molecule has 2 N–H and O–H groups in total. The Hall–Kier alpha value is -2.14. The van der Waals surface area contributed by atoms with Crippen LogP contribution in [-0.4, -0.2) is 22.7 Å². The monoisotopic (exact) mass is 385 g/mol. The largest absolute Gasteiger partial charge is 0.463 e. The van der Waals surface area contributed by atoms with Gasteiger partial charge >= 0.3 is 5.97 Å². The lowest BCUT2D eigenvalue weighted by atomic mass is 9.73. The molecular weight excluding hydrogens is 352 g/mol. The summed E-state index contributed by atoms with van der Waals surface area (Å²) in [4.78, 5) is 16.3. The second-order valence-electron chi connectivity index (χ2n) is 8.15. The van der Waals surface area contributed by atoms with Crippen molar-refractivity contribution < 1.29 is 19.2 Å². The van der Waals surface area contributed by atoms with Gasteiger partial charge in [0.25, 0.3) is 5.82 Å². The van der Waals surface area contributed by atoms with E-state index in [1.165, 1.54) is 6.42 Å².